The molecule has 0 aromatic carbocycles. The first-order valence-electron chi connectivity index (χ1n) is 19.0. The zero-order chi connectivity index (χ0) is 33.0. The van der Waals surface area contributed by atoms with Crippen molar-refractivity contribution < 1.29 is 18.4 Å². The standard InChI is InChI=1S/C35H62F2N8O2/c36-25-7-13-35(11-3-1-2-4-12-35)19-28(41-20-25)30(32(38)39)33(46)42-29-22-40-21-27(37)31(29)44-16-8-24(9-17-44)34(47)45-18-10-26(23-45)43-14-5-6-15-43/h24-32,40-41H,1-23,38-39H2,(H,42,46)/t25?,26-,27?,28?,29?,30?,31?/m0/s1. The van der Waals surface area contributed by atoms with Crippen molar-refractivity contribution in [2.75, 3.05) is 58.9 Å². The zero-order valence-electron chi connectivity index (χ0n) is 28.5. The number of nitrogens with zero attached hydrogens (tertiary/aromatic N) is 3. The SMILES string of the molecule is NC(N)C(C(=O)NC1CNCC(F)C1N1CCC(C(=O)N2CC[C@H](N3CCCC3)C2)CC1)C1CC2(CCCCCC2)CCC(F)CN1. The first-order chi connectivity index (χ1) is 22.7. The Labute approximate surface area is 280 Å². The molecule has 5 saturated heterocycles. The van der Waals surface area contributed by atoms with Gasteiger partial charge in [-0.25, -0.2) is 8.78 Å². The van der Waals surface area contributed by atoms with Crippen LogP contribution in [0.4, 0.5) is 8.78 Å². The van der Waals surface area contributed by atoms with E-state index < -0.39 is 36.5 Å². The number of nitrogens with one attached hydrogen (secondary N) is 3. The van der Waals surface area contributed by atoms with Gasteiger partial charge in [-0.05, 0) is 95.8 Å². The third kappa shape index (κ3) is 8.48. The van der Waals surface area contributed by atoms with E-state index in [0.717, 1.165) is 71.1 Å². The highest BCUT2D eigenvalue weighted by Gasteiger charge is 2.45. The molecular weight excluding hydrogens is 602 g/mol. The Bertz CT molecular complexity index is 1030. The molecule has 5 heterocycles. The predicted octanol–water partition coefficient (Wildman–Crippen LogP) is 1.87. The van der Waals surface area contributed by atoms with Crippen LogP contribution in [0.15, 0.2) is 0 Å². The van der Waals surface area contributed by atoms with Gasteiger partial charge in [0.25, 0.3) is 0 Å². The van der Waals surface area contributed by atoms with E-state index in [2.05, 4.69) is 30.7 Å². The number of hydrogen-bond acceptors (Lipinski definition) is 8. The van der Waals surface area contributed by atoms with Gasteiger partial charge in [0, 0.05) is 50.7 Å². The number of amides is 2. The third-order valence-electron chi connectivity index (χ3n) is 12.8. The van der Waals surface area contributed by atoms with E-state index in [4.69, 9.17) is 11.5 Å². The van der Waals surface area contributed by atoms with Gasteiger partial charge < -0.3 is 32.3 Å². The van der Waals surface area contributed by atoms with Crippen molar-refractivity contribution in [1.82, 2.24) is 30.7 Å². The number of halogens is 2. The Kier molecular flexibility index (Phi) is 12.1. The Hall–Kier alpha value is -1.44. The predicted molar refractivity (Wildman–Crippen MR) is 180 cm³/mol. The van der Waals surface area contributed by atoms with Gasteiger partial charge in [0.1, 0.15) is 12.3 Å². The molecule has 6 aliphatic rings. The molecule has 1 saturated carbocycles. The topological polar surface area (TPSA) is 132 Å². The summed E-state index contributed by atoms with van der Waals surface area (Å²) in [6.45, 7) is 6.08. The summed E-state index contributed by atoms with van der Waals surface area (Å²) in [5.41, 5.74) is 12.7. The summed E-state index contributed by atoms with van der Waals surface area (Å²) < 4.78 is 30.6. The third-order valence-corrected chi connectivity index (χ3v) is 12.8. The monoisotopic (exact) mass is 664 g/mol. The van der Waals surface area contributed by atoms with Gasteiger partial charge in [-0.15, -0.1) is 0 Å². The van der Waals surface area contributed by atoms with Crippen LogP contribution in [-0.4, -0.2) is 128 Å². The van der Waals surface area contributed by atoms with Gasteiger partial charge in [-0.2, -0.15) is 0 Å². The first kappa shape index (κ1) is 35.4. The second kappa shape index (κ2) is 16.1. The fraction of sp³-hybridized carbons (Fsp3) is 0.943. The maximum Gasteiger partial charge on any atom is 0.227 e. The molecule has 12 heteroatoms. The molecule has 6 rings (SSSR count). The minimum atomic E-state index is -1.16. The van der Waals surface area contributed by atoms with Crippen LogP contribution < -0.4 is 27.4 Å². The van der Waals surface area contributed by atoms with Gasteiger partial charge >= 0.3 is 0 Å². The number of likely N-dealkylation sites (tertiary alicyclic amines) is 3. The summed E-state index contributed by atoms with van der Waals surface area (Å²) in [5.74, 6) is -0.812. The molecule has 47 heavy (non-hydrogen) atoms. The summed E-state index contributed by atoms with van der Waals surface area (Å²) in [4.78, 5) is 34.4. The minimum Gasteiger partial charge on any atom is -0.350 e. The minimum absolute atomic E-state index is 0.0166. The van der Waals surface area contributed by atoms with Crippen molar-refractivity contribution in [3.8, 4) is 0 Å². The van der Waals surface area contributed by atoms with Crippen molar-refractivity contribution in [2.24, 2.45) is 28.7 Å². The number of carbonyl (C=O) groups excluding carboxylic acids is 2. The molecule has 2 amide bonds. The summed E-state index contributed by atoms with van der Waals surface area (Å²) in [6.07, 6.45) is 10.8. The van der Waals surface area contributed by atoms with E-state index in [-0.39, 0.29) is 42.3 Å². The Morgan fingerprint density at radius 3 is 2.23 bits per heavy atom. The lowest BCUT2D eigenvalue weighted by Crippen LogP contribution is -2.68. The highest BCUT2D eigenvalue weighted by Crippen LogP contribution is 2.45. The van der Waals surface area contributed by atoms with E-state index in [0.29, 0.717) is 44.9 Å². The van der Waals surface area contributed by atoms with Crippen LogP contribution in [0.1, 0.15) is 89.9 Å². The molecule has 1 aliphatic carbocycles. The smallest absolute Gasteiger partial charge is 0.227 e. The fourth-order valence-electron chi connectivity index (χ4n) is 10.1. The maximum atomic E-state index is 15.7. The van der Waals surface area contributed by atoms with Gasteiger partial charge in [0.05, 0.1) is 24.2 Å². The zero-order valence-corrected chi connectivity index (χ0v) is 28.5. The summed E-state index contributed by atoms with van der Waals surface area (Å²) in [5, 5.41) is 9.72. The first-order valence-corrected chi connectivity index (χ1v) is 19.0. The van der Waals surface area contributed by atoms with Gasteiger partial charge in [-0.3, -0.25) is 19.4 Å². The van der Waals surface area contributed by atoms with Gasteiger partial charge in [0.2, 0.25) is 11.8 Å². The molecule has 1 spiro atoms. The van der Waals surface area contributed by atoms with E-state index in [9.17, 15) is 14.0 Å². The number of piperidine rings is 2. The maximum absolute atomic E-state index is 15.7. The summed E-state index contributed by atoms with van der Waals surface area (Å²) >= 11 is 0. The highest BCUT2D eigenvalue weighted by molar-refractivity contribution is 5.81. The van der Waals surface area contributed by atoms with Crippen LogP contribution in [0.5, 0.6) is 0 Å². The highest BCUT2D eigenvalue weighted by atomic mass is 19.1. The Morgan fingerprint density at radius 2 is 1.53 bits per heavy atom. The lowest BCUT2D eigenvalue weighted by Gasteiger charge is -2.46. The average molecular weight is 665 g/mol. The number of hydrogen-bond donors (Lipinski definition) is 5. The van der Waals surface area contributed by atoms with E-state index in [1.165, 1.54) is 25.7 Å². The van der Waals surface area contributed by atoms with Crippen molar-refractivity contribution in [3.63, 3.8) is 0 Å². The second-order valence-electron chi connectivity index (χ2n) is 15.9. The molecule has 0 radical (unpaired) electrons. The molecule has 6 fully saturated rings. The summed E-state index contributed by atoms with van der Waals surface area (Å²) in [7, 11) is 0. The molecule has 0 aromatic heterocycles. The number of carbonyl (C=O) groups is 2. The van der Waals surface area contributed by atoms with Crippen LogP contribution in [0.2, 0.25) is 0 Å². The molecule has 268 valence electrons. The lowest BCUT2D eigenvalue weighted by molar-refractivity contribution is -0.136. The lowest BCUT2D eigenvalue weighted by atomic mass is 9.68. The van der Waals surface area contributed by atoms with Crippen molar-refractivity contribution in [3.05, 3.63) is 0 Å². The largest absolute Gasteiger partial charge is 0.350 e. The summed E-state index contributed by atoms with van der Waals surface area (Å²) in [6, 6.07) is -0.813. The van der Waals surface area contributed by atoms with E-state index in [1.807, 2.05) is 0 Å². The molecule has 0 bridgehead atoms. The molecule has 6 unspecified atom stereocenters. The van der Waals surface area contributed by atoms with Crippen molar-refractivity contribution in [2.45, 2.75) is 133 Å². The Balaban J connectivity index is 1.08. The number of nitrogens with two attached hydrogens (primary N) is 2. The number of alkyl halides is 2. The molecular formula is C35H62F2N8O2. The van der Waals surface area contributed by atoms with Crippen LogP contribution in [0.25, 0.3) is 0 Å². The van der Waals surface area contributed by atoms with E-state index in [1.54, 1.807) is 0 Å². The molecule has 0 aromatic rings. The van der Waals surface area contributed by atoms with Crippen LogP contribution in [0, 0.1) is 17.3 Å². The number of rotatable bonds is 7. The van der Waals surface area contributed by atoms with Crippen molar-refractivity contribution >= 4 is 11.8 Å². The molecule has 10 nitrogen and oxygen atoms in total. The van der Waals surface area contributed by atoms with E-state index >= 15 is 4.39 Å². The molecule has 7 N–H and O–H groups in total. The normalized spacial score (nSPS) is 35.8. The quantitative estimate of drug-likeness (QED) is 0.261. The fourth-order valence-corrected chi connectivity index (χ4v) is 10.1. The van der Waals surface area contributed by atoms with Crippen molar-refractivity contribution in [1.29, 1.82) is 0 Å². The second-order valence-corrected chi connectivity index (χ2v) is 15.9. The van der Waals surface area contributed by atoms with Gasteiger partial charge in [0.15, 0.2) is 0 Å². The Morgan fingerprint density at radius 1 is 0.809 bits per heavy atom. The van der Waals surface area contributed by atoms with Gasteiger partial charge in [-0.1, -0.05) is 25.7 Å². The molecule has 5 aliphatic heterocycles. The average Bonchev–Trinajstić information content (AvgIpc) is 3.72. The van der Waals surface area contributed by atoms with Crippen LogP contribution in [-0.2, 0) is 9.59 Å². The van der Waals surface area contributed by atoms with Crippen LogP contribution >= 0.6 is 0 Å². The molecule has 7 atom stereocenters. The van der Waals surface area contributed by atoms with Crippen LogP contribution in [0.3, 0.4) is 0 Å².